The molecule has 0 fully saturated rings. The van der Waals surface area contributed by atoms with Gasteiger partial charge in [-0.1, -0.05) is 0 Å². The van der Waals surface area contributed by atoms with Crippen LogP contribution in [0.15, 0.2) is 33.6 Å². The highest BCUT2D eigenvalue weighted by Crippen LogP contribution is 2.19. The first-order valence-corrected chi connectivity index (χ1v) is 5.80. The summed E-state index contributed by atoms with van der Waals surface area (Å²) in [6.45, 7) is 0. The smallest absolute Gasteiger partial charge is 0.212 e. The summed E-state index contributed by atoms with van der Waals surface area (Å²) < 4.78 is 13.2. The minimum atomic E-state index is -0.384. The lowest BCUT2D eigenvalue weighted by Crippen LogP contribution is -2.01. The molecule has 2 nitrogen and oxygen atoms in total. The van der Waals surface area contributed by atoms with E-state index in [4.69, 9.17) is 0 Å². The molecule has 0 unspecified atom stereocenters. The highest BCUT2D eigenvalue weighted by atomic mass is 79.9. The Morgan fingerprint density at radius 3 is 2.87 bits per heavy atom. The number of hydrogen-bond donors (Lipinski definition) is 0. The lowest BCUT2D eigenvalue weighted by Gasteiger charge is -1.99. The first-order valence-electron chi connectivity index (χ1n) is 4.06. The summed E-state index contributed by atoms with van der Waals surface area (Å²) in [7, 11) is 0. The SMILES string of the molecule is O=C(c1ccc(F)c(Br)c1)c1cscn1. The Labute approximate surface area is 97.9 Å². The van der Waals surface area contributed by atoms with Crippen molar-refractivity contribution < 1.29 is 9.18 Å². The second-order valence-electron chi connectivity index (χ2n) is 2.83. The molecule has 76 valence electrons. The molecule has 2 aromatic rings. The number of benzene rings is 1. The highest BCUT2D eigenvalue weighted by molar-refractivity contribution is 9.10. The monoisotopic (exact) mass is 285 g/mol. The van der Waals surface area contributed by atoms with E-state index in [9.17, 15) is 9.18 Å². The van der Waals surface area contributed by atoms with E-state index in [-0.39, 0.29) is 16.1 Å². The van der Waals surface area contributed by atoms with E-state index in [1.807, 2.05) is 0 Å². The molecular formula is C10H5BrFNOS. The van der Waals surface area contributed by atoms with Gasteiger partial charge in [0.25, 0.3) is 0 Å². The predicted octanol–water partition coefficient (Wildman–Crippen LogP) is 3.28. The van der Waals surface area contributed by atoms with Crippen molar-refractivity contribution in [1.82, 2.24) is 4.98 Å². The molecule has 15 heavy (non-hydrogen) atoms. The topological polar surface area (TPSA) is 30.0 Å². The van der Waals surface area contributed by atoms with Gasteiger partial charge in [-0.2, -0.15) is 0 Å². The fourth-order valence-electron chi connectivity index (χ4n) is 1.11. The average molecular weight is 286 g/mol. The molecule has 0 N–H and O–H groups in total. The molecule has 1 heterocycles. The fourth-order valence-corrected chi connectivity index (χ4v) is 2.02. The third-order valence-electron chi connectivity index (χ3n) is 1.85. The normalized spacial score (nSPS) is 10.3. The first kappa shape index (κ1) is 10.4. The third kappa shape index (κ3) is 2.13. The van der Waals surface area contributed by atoms with Crippen LogP contribution in [0.25, 0.3) is 0 Å². The van der Waals surface area contributed by atoms with Crippen LogP contribution in [-0.4, -0.2) is 10.8 Å². The van der Waals surface area contributed by atoms with Gasteiger partial charge in [-0.15, -0.1) is 11.3 Å². The first-order chi connectivity index (χ1) is 7.18. The maximum atomic E-state index is 12.9. The highest BCUT2D eigenvalue weighted by Gasteiger charge is 2.12. The van der Waals surface area contributed by atoms with Crippen LogP contribution in [0.4, 0.5) is 4.39 Å². The van der Waals surface area contributed by atoms with Crippen molar-refractivity contribution in [1.29, 1.82) is 0 Å². The van der Waals surface area contributed by atoms with Crippen molar-refractivity contribution in [3.05, 3.63) is 50.6 Å². The van der Waals surface area contributed by atoms with Crippen molar-refractivity contribution in [3.8, 4) is 0 Å². The summed E-state index contributed by atoms with van der Waals surface area (Å²) in [4.78, 5) is 15.7. The van der Waals surface area contributed by atoms with Crippen molar-refractivity contribution in [2.45, 2.75) is 0 Å². The Kier molecular flexibility index (Phi) is 2.93. The van der Waals surface area contributed by atoms with Crippen LogP contribution >= 0.6 is 27.3 Å². The van der Waals surface area contributed by atoms with E-state index in [1.165, 1.54) is 29.5 Å². The van der Waals surface area contributed by atoms with E-state index in [2.05, 4.69) is 20.9 Å². The number of ketones is 1. The second kappa shape index (κ2) is 4.20. The van der Waals surface area contributed by atoms with Crippen molar-refractivity contribution in [2.75, 3.05) is 0 Å². The van der Waals surface area contributed by atoms with E-state index < -0.39 is 0 Å². The van der Waals surface area contributed by atoms with Gasteiger partial charge in [-0.05, 0) is 34.1 Å². The maximum Gasteiger partial charge on any atom is 0.212 e. The standard InChI is InChI=1S/C10H5BrFNOS/c11-7-3-6(1-2-8(7)12)10(14)9-4-15-5-13-9/h1-5H. The molecular weight excluding hydrogens is 281 g/mol. The van der Waals surface area contributed by atoms with Crippen molar-refractivity contribution >= 4 is 33.0 Å². The van der Waals surface area contributed by atoms with Crippen molar-refractivity contribution in [2.24, 2.45) is 0 Å². The Hall–Kier alpha value is -1.07. The Morgan fingerprint density at radius 2 is 2.27 bits per heavy atom. The van der Waals surface area contributed by atoms with Gasteiger partial charge in [0.2, 0.25) is 5.78 Å². The summed E-state index contributed by atoms with van der Waals surface area (Å²) in [5, 5.41) is 1.67. The van der Waals surface area contributed by atoms with E-state index >= 15 is 0 Å². The number of aromatic nitrogens is 1. The van der Waals surface area contributed by atoms with Crippen LogP contribution in [0.5, 0.6) is 0 Å². The van der Waals surface area contributed by atoms with E-state index in [0.29, 0.717) is 11.3 Å². The molecule has 0 atom stereocenters. The van der Waals surface area contributed by atoms with Crippen LogP contribution in [0.1, 0.15) is 16.1 Å². The second-order valence-corrected chi connectivity index (χ2v) is 4.40. The van der Waals surface area contributed by atoms with Gasteiger partial charge in [-0.3, -0.25) is 4.79 Å². The third-order valence-corrected chi connectivity index (χ3v) is 3.04. The van der Waals surface area contributed by atoms with Crippen LogP contribution in [0.3, 0.4) is 0 Å². The summed E-state index contributed by atoms with van der Waals surface area (Å²) in [5.41, 5.74) is 2.40. The van der Waals surface area contributed by atoms with E-state index in [1.54, 1.807) is 10.9 Å². The minimum Gasteiger partial charge on any atom is -0.287 e. The predicted molar refractivity (Wildman–Crippen MR) is 59.6 cm³/mol. The molecule has 5 heteroatoms. The van der Waals surface area contributed by atoms with Gasteiger partial charge in [0, 0.05) is 10.9 Å². The molecule has 0 aliphatic rings. The van der Waals surface area contributed by atoms with Crippen LogP contribution in [0, 0.1) is 5.82 Å². The molecule has 2 rings (SSSR count). The summed E-state index contributed by atoms with van der Waals surface area (Å²) in [5.74, 6) is -0.582. The van der Waals surface area contributed by atoms with E-state index in [0.717, 1.165) is 0 Å². The van der Waals surface area contributed by atoms with Gasteiger partial charge in [-0.25, -0.2) is 9.37 Å². The zero-order valence-electron chi connectivity index (χ0n) is 7.41. The lowest BCUT2D eigenvalue weighted by atomic mass is 10.1. The minimum absolute atomic E-state index is 0.197. The molecule has 0 aliphatic heterocycles. The fraction of sp³-hybridized carbons (Fsp3) is 0. The number of rotatable bonds is 2. The molecule has 0 spiro atoms. The molecule has 1 aromatic heterocycles. The molecule has 0 saturated carbocycles. The largest absolute Gasteiger partial charge is 0.287 e. The summed E-state index contributed by atoms with van der Waals surface area (Å²) >= 11 is 4.38. The zero-order valence-corrected chi connectivity index (χ0v) is 9.81. The summed E-state index contributed by atoms with van der Waals surface area (Å²) in [6, 6.07) is 4.16. The number of carbonyl (C=O) groups is 1. The van der Waals surface area contributed by atoms with Gasteiger partial charge in [0.15, 0.2) is 0 Å². The molecule has 0 amide bonds. The van der Waals surface area contributed by atoms with Gasteiger partial charge >= 0.3 is 0 Å². The summed E-state index contributed by atoms with van der Waals surface area (Å²) in [6.07, 6.45) is 0. The number of nitrogens with zero attached hydrogens (tertiary/aromatic N) is 1. The van der Waals surface area contributed by atoms with Gasteiger partial charge < -0.3 is 0 Å². The van der Waals surface area contributed by atoms with Gasteiger partial charge in [0.05, 0.1) is 9.98 Å². The molecule has 0 bridgehead atoms. The molecule has 0 saturated heterocycles. The van der Waals surface area contributed by atoms with Crippen molar-refractivity contribution in [3.63, 3.8) is 0 Å². The lowest BCUT2D eigenvalue weighted by molar-refractivity contribution is 0.103. The Balaban J connectivity index is 2.39. The van der Waals surface area contributed by atoms with Gasteiger partial charge in [0.1, 0.15) is 11.5 Å². The number of thiazole rings is 1. The quantitative estimate of drug-likeness (QED) is 0.793. The molecule has 0 aliphatic carbocycles. The molecule has 1 aromatic carbocycles. The Morgan fingerprint density at radius 1 is 1.47 bits per heavy atom. The number of hydrogen-bond acceptors (Lipinski definition) is 3. The number of carbonyl (C=O) groups excluding carboxylic acids is 1. The molecule has 0 radical (unpaired) electrons. The Bertz CT molecular complexity index is 498. The number of halogens is 2. The van der Waals surface area contributed by atoms with Crippen LogP contribution in [0.2, 0.25) is 0 Å². The zero-order chi connectivity index (χ0) is 10.8. The maximum absolute atomic E-state index is 12.9. The van der Waals surface area contributed by atoms with Crippen LogP contribution in [-0.2, 0) is 0 Å². The average Bonchev–Trinajstić information content (AvgIpc) is 2.74. The van der Waals surface area contributed by atoms with Crippen LogP contribution < -0.4 is 0 Å².